The van der Waals surface area contributed by atoms with Gasteiger partial charge in [-0.15, -0.1) is 0 Å². The van der Waals surface area contributed by atoms with Gasteiger partial charge in [-0.3, -0.25) is 0 Å². The number of nitrogens with one attached hydrogen (secondary N) is 1. The van der Waals surface area contributed by atoms with E-state index in [1.165, 1.54) is 12.1 Å². The summed E-state index contributed by atoms with van der Waals surface area (Å²) in [5.74, 6) is -0.181. The molecule has 1 rings (SSSR count). The van der Waals surface area contributed by atoms with Crippen molar-refractivity contribution in [3.63, 3.8) is 0 Å². The van der Waals surface area contributed by atoms with E-state index in [0.717, 1.165) is 5.75 Å². The van der Waals surface area contributed by atoms with Gasteiger partial charge in [-0.1, -0.05) is 0 Å². The number of anilines is 1. The summed E-state index contributed by atoms with van der Waals surface area (Å²) < 4.78 is 0.643. The van der Waals surface area contributed by atoms with Gasteiger partial charge in [0.15, 0.2) is 0 Å². The first-order chi connectivity index (χ1) is 8.95. The van der Waals surface area contributed by atoms with Gasteiger partial charge >= 0.3 is 12.0 Å². The quantitative estimate of drug-likeness (QED) is 0.859. The first kappa shape index (κ1) is 15.8. The monoisotopic (exact) mass is 346 g/mol. The Hall–Kier alpha value is -1.21. The molecule has 5 nitrogen and oxygen atoms in total. The summed E-state index contributed by atoms with van der Waals surface area (Å²) in [6, 6.07) is 4.23. The van der Waals surface area contributed by atoms with Crippen LogP contribution in [0.5, 0.6) is 0 Å². The molecule has 2 N–H and O–H groups in total. The fourth-order valence-corrected chi connectivity index (χ4v) is 2.10. The number of nitrogens with zero attached hydrogens (tertiary/aromatic N) is 1. The van der Waals surface area contributed by atoms with E-state index in [9.17, 15) is 9.59 Å². The van der Waals surface area contributed by atoms with Crippen molar-refractivity contribution >= 4 is 45.4 Å². The van der Waals surface area contributed by atoms with E-state index in [-0.39, 0.29) is 11.6 Å². The topological polar surface area (TPSA) is 69.6 Å². The molecule has 1 aromatic carbocycles. The van der Waals surface area contributed by atoms with Crippen LogP contribution in [-0.4, -0.2) is 47.6 Å². The summed E-state index contributed by atoms with van der Waals surface area (Å²) in [7, 11) is 1.69. The molecule has 2 amide bonds. The van der Waals surface area contributed by atoms with Crippen molar-refractivity contribution in [2.45, 2.75) is 0 Å². The predicted molar refractivity (Wildman–Crippen MR) is 81.1 cm³/mol. The number of rotatable bonds is 5. The SMILES string of the molecule is CSCCN(C)C(=O)Nc1cc(C(=O)O)ccc1Br. The minimum absolute atomic E-state index is 0.130. The number of carboxylic acid groups (broad SMARTS) is 1. The Kier molecular flexibility index (Phi) is 6.17. The minimum Gasteiger partial charge on any atom is -0.478 e. The fraction of sp³-hybridized carbons (Fsp3) is 0.333. The van der Waals surface area contributed by atoms with Crippen molar-refractivity contribution in [3.05, 3.63) is 28.2 Å². The number of amides is 2. The number of carbonyl (C=O) groups excluding carboxylic acids is 1. The van der Waals surface area contributed by atoms with Gasteiger partial charge in [-0.05, 0) is 40.4 Å². The highest BCUT2D eigenvalue weighted by atomic mass is 79.9. The van der Waals surface area contributed by atoms with Crippen LogP contribution in [0.1, 0.15) is 10.4 Å². The highest BCUT2D eigenvalue weighted by Gasteiger charge is 2.12. The lowest BCUT2D eigenvalue weighted by Crippen LogP contribution is -2.33. The Balaban J connectivity index is 2.78. The first-order valence-corrected chi connectivity index (χ1v) is 7.68. The molecule has 0 unspecified atom stereocenters. The van der Waals surface area contributed by atoms with Gasteiger partial charge in [0.2, 0.25) is 0 Å². The van der Waals surface area contributed by atoms with Gasteiger partial charge in [-0.2, -0.15) is 11.8 Å². The van der Waals surface area contributed by atoms with E-state index in [1.807, 2.05) is 6.26 Å². The van der Waals surface area contributed by atoms with Gasteiger partial charge in [0.1, 0.15) is 0 Å². The van der Waals surface area contributed by atoms with E-state index in [1.54, 1.807) is 29.8 Å². The molecule has 0 saturated heterocycles. The largest absolute Gasteiger partial charge is 0.478 e. The van der Waals surface area contributed by atoms with Gasteiger partial charge in [0.25, 0.3) is 0 Å². The number of benzene rings is 1. The summed E-state index contributed by atoms with van der Waals surface area (Å²) in [4.78, 5) is 24.3. The van der Waals surface area contributed by atoms with Gasteiger partial charge in [0, 0.05) is 23.8 Å². The Morgan fingerprint density at radius 1 is 1.47 bits per heavy atom. The van der Waals surface area contributed by atoms with Crippen LogP contribution in [0.15, 0.2) is 22.7 Å². The average Bonchev–Trinajstić information content (AvgIpc) is 2.38. The van der Waals surface area contributed by atoms with Crippen LogP contribution in [0.25, 0.3) is 0 Å². The lowest BCUT2D eigenvalue weighted by molar-refractivity contribution is 0.0697. The van der Waals surface area contributed by atoms with E-state index in [0.29, 0.717) is 16.7 Å². The number of aromatic carboxylic acids is 1. The van der Waals surface area contributed by atoms with Gasteiger partial charge in [0.05, 0.1) is 11.3 Å². The third kappa shape index (κ3) is 4.76. The van der Waals surface area contributed by atoms with Crippen molar-refractivity contribution in [2.75, 3.05) is 30.9 Å². The van der Waals surface area contributed by atoms with Crippen LogP contribution in [-0.2, 0) is 0 Å². The third-order valence-corrected chi connectivity index (χ3v) is 3.71. The Bertz CT molecular complexity index is 482. The van der Waals surface area contributed by atoms with E-state index in [4.69, 9.17) is 5.11 Å². The van der Waals surface area contributed by atoms with E-state index < -0.39 is 5.97 Å². The number of thioether (sulfide) groups is 1. The molecule has 0 saturated carbocycles. The predicted octanol–water partition coefficient (Wildman–Crippen LogP) is 2.97. The van der Waals surface area contributed by atoms with Crippen molar-refractivity contribution in [1.82, 2.24) is 4.90 Å². The lowest BCUT2D eigenvalue weighted by atomic mass is 10.2. The number of halogens is 1. The standard InChI is InChI=1S/C12H15BrN2O3S/c1-15(5-6-19-2)12(18)14-10-7-8(11(16)17)3-4-9(10)13/h3-4,7H,5-6H2,1-2H3,(H,14,18)(H,16,17). The zero-order valence-electron chi connectivity index (χ0n) is 10.6. The number of hydrogen-bond acceptors (Lipinski definition) is 3. The maximum atomic E-state index is 11.9. The van der Waals surface area contributed by atoms with E-state index in [2.05, 4.69) is 21.2 Å². The van der Waals surface area contributed by atoms with Crippen molar-refractivity contribution in [3.8, 4) is 0 Å². The second kappa shape index (κ2) is 7.40. The van der Waals surface area contributed by atoms with Crippen molar-refractivity contribution in [1.29, 1.82) is 0 Å². The second-order valence-electron chi connectivity index (χ2n) is 3.84. The molecule has 0 fully saturated rings. The van der Waals surface area contributed by atoms with Crippen LogP contribution >= 0.6 is 27.7 Å². The third-order valence-electron chi connectivity index (χ3n) is 2.43. The zero-order valence-corrected chi connectivity index (χ0v) is 13.0. The fourth-order valence-electron chi connectivity index (χ4n) is 1.29. The molecule has 0 radical (unpaired) electrons. The molecule has 0 atom stereocenters. The highest BCUT2D eigenvalue weighted by Crippen LogP contribution is 2.24. The zero-order chi connectivity index (χ0) is 14.4. The molecule has 7 heteroatoms. The Morgan fingerprint density at radius 2 is 2.16 bits per heavy atom. The molecule has 104 valence electrons. The number of carboxylic acids is 1. The molecule has 0 heterocycles. The maximum absolute atomic E-state index is 11.9. The number of urea groups is 1. The maximum Gasteiger partial charge on any atom is 0.335 e. The molecule has 19 heavy (non-hydrogen) atoms. The van der Waals surface area contributed by atoms with Crippen LogP contribution in [0.3, 0.4) is 0 Å². The van der Waals surface area contributed by atoms with Crippen LogP contribution in [0.2, 0.25) is 0 Å². The van der Waals surface area contributed by atoms with Crippen molar-refractivity contribution in [2.24, 2.45) is 0 Å². The molecule has 0 aliphatic heterocycles. The summed E-state index contributed by atoms with van der Waals surface area (Å²) in [6.45, 7) is 0.628. The van der Waals surface area contributed by atoms with Gasteiger partial charge in [-0.25, -0.2) is 9.59 Å². The number of hydrogen-bond donors (Lipinski definition) is 2. The molecular formula is C12H15BrN2O3S. The molecule has 0 spiro atoms. The minimum atomic E-state index is -1.03. The molecule has 0 aliphatic carbocycles. The molecule has 0 aromatic heterocycles. The highest BCUT2D eigenvalue weighted by molar-refractivity contribution is 9.10. The Labute approximate surface area is 124 Å². The summed E-state index contributed by atoms with van der Waals surface area (Å²) in [6.07, 6.45) is 1.97. The summed E-state index contributed by atoms with van der Waals surface area (Å²) in [5.41, 5.74) is 0.575. The van der Waals surface area contributed by atoms with Gasteiger partial charge < -0.3 is 15.3 Å². The molecule has 0 bridgehead atoms. The van der Waals surface area contributed by atoms with Crippen LogP contribution < -0.4 is 5.32 Å². The Morgan fingerprint density at radius 3 is 2.74 bits per heavy atom. The van der Waals surface area contributed by atoms with Crippen molar-refractivity contribution < 1.29 is 14.7 Å². The normalized spacial score (nSPS) is 10.1. The lowest BCUT2D eigenvalue weighted by Gasteiger charge is -2.18. The number of carbonyl (C=O) groups is 2. The van der Waals surface area contributed by atoms with Crippen LogP contribution in [0.4, 0.5) is 10.5 Å². The smallest absolute Gasteiger partial charge is 0.335 e. The molecule has 0 aliphatic rings. The first-order valence-electron chi connectivity index (χ1n) is 5.49. The van der Waals surface area contributed by atoms with Crippen LogP contribution in [0, 0.1) is 0 Å². The summed E-state index contributed by atoms with van der Waals surface area (Å²) >= 11 is 4.93. The second-order valence-corrected chi connectivity index (χ2v) is 5.68. The molecule has 1 aromatic rings. The average molecular weight is 347 g/mol. The van der Waals surface area contributed by atoms with E-state index >= 15 is 0 Å². The molecular weight excluding hydrogens is 332 g/mol. The summed E-state index contributed by atoms with van der Waals surface area (Å²) in [5, 5.41) is 11.6.